The molecule has 2 aromatic carbocycles. The smallest absolute Gasteiger partial charge is 0.0584 e. The van der Waals surface area contributed by atoms with E-state index in [0.29, 0.717) is 0 Å². The minimum absolute atomic E-state index is 0.274. The highest BCUT2D eigenvalue weighted by atomic mass is 32.1. The van der Waals surface area contributed by atoms with Crippen LogP contribution >= 0.6 is 11.3 Å². The molecule has 1 unspecified atom stereocenters. The first-order valence-corrected chi connectivity index (χ1v) is 8.29. The summed E-state index contributed by atoms with van der Waals surface area (Å²) in [5.41, 5.74) is 3.85. The highest BCUT2D eigenvalue weighted by molar-refractivity contribution is 7.17. The van der Waals surface area contributed by atoms with E-state index in [1.54, 1.807) is 11.3 Å². The topological polar surface area (TPSA) is 20.2 Å². The van der Waals surface area contributed by atoms with Crippen LogP contribution in [0.2, 0.25) is 0 Å². The Labute approximate surface area is 129 Å². The van der Waals surface area contributed by atoms with Crippen LogP contribution in [0.4, 0.5) is 0 Å². The fourth-order valence-electron chi connectivity index (χ4n) is 2.63. The van der Waals surface area contributed by atoms with Crippen LogP contribution in [-0.4, -0.2) is 11.2 Å². The first-order valence-electron chi connectivity index (χ1n) is 7.41. The highest BCUT2D eigenvalue weighted by Gasteiger charge is 2.10. The number of aliphatic hydroxyl groups excluding tert-OH is 1. The van der Waals surface area contributed by atoms with Crippen LogP contribution in [0.3, 0.4) is 0 Å². The van der Waals surface area contributed by atoms with Gasteiger partial charge in [0.15, 0.2) is 0 Å². The number of rotatable bonds is 5. The Bertz CT molecular complexity index is 712. The second-order valence-electron chi connectivity index (χ2n) is 5.64. The first kappa shape index (κ1) is 14.3. The largest absolute Gasteiger partial charge is 0.393 e. The Morgan fingerprint density at radius 2 is 1.81 bits per heavy atom. The quantitative estimate of drug-likeness (QED) is 0.720. The minimum atomic E-state index is -0.274. The second-order valence-corrected chi connectivity index (χ2v) is 6.55. The summed E-state index contributed by atoms with van der Waals surface area (Å²) in [6.07, 6.45) is 2.22. The number of aryl methyl sites for hydroxylation is 2. The molecule has 21 heavy (non-hydrogen) atoms. The molecular weight excluding hydrogens is 276 g/mol. The summed E-state index contributed by atoms with van der Waals surface area (Å²) in [5.74, 6) is 0. The zero-order valence-electron chi connectivity index (χ0n) is 12.3. The molecule has 0 saturated heterocycles. The van der Waals surface area contributed by atoms with Crippen molar-refractivity contribution in [2.24, 2.45) is 0 Å². The van der Waals surface area contributed by atoms with E-state index in [1.165, 1.54) is 26.8 Å². The van der Waals surface area contributed by atoms with Gasteiger partial charge < -0.3 is 5.11 Å². The zero-order chi connectivity index (χ0) is 14.7. The molecule has 0 aliphatic heterocycles. The van der Waals surface area contributed by atoms with Crippen LogP contribution < -0.4 is 0 Å². The number of benzene rings is 2. The fraction of sp³-hybridized carbons (Fsp3) is 0.263. The monoisotopic (exact) mass is 296 g/mol. The maximum absolute atomic E-state index is 10.3. The molecule has 0 saturated carbocycles. The lowest BCUT2D eigenvalue weighted by molar-refractivity contribution is 0.165. The SMILES string of the molecule is Cc1ccc(CCC(O)Cc2csc3ccccc23)cc1. The zero-order valence-corrected chi connectivity index (χ0v) is 13.1. The molecule has 0 bridgehead atoms. The van der Waals surface area contributed by atoms with Gasteiger partial charge in [-0.15, -0.1) is 11.3 Å². The number of aliphatic hydroxyl groups is 1. The van der Waals surface area contributed by atoms with Crippen LogP contribution in [0.5, 0.6) is 0 Å². The van der Waals surface area contributed by atoms with Crippen molar-refractivity contribution in [2.75, 3.05) is 0 Å². The lowest BCUT2D eigenvalue weighted by Gasteiger charge is -2.10. The van der Waals surface area contributed by atoms with Crippen molar-refractivity contribution >= 4 is 21.4 Å². The van der Waals surface area contributed by atoms with Crippen molar-refractivity contribution in [1.29, 1.82) is 0 Å². The van der Waals surface area contributed by atoms with Crippen LogP contribution in [0.15, 0.2) is 53.9 Å². The lowest BCUT2D eigenvalue weighted by Crippen LogP contribution is -2.11. The maximum Gasteiger partial charge on any atom is 0.0584 e. The van der Waals surface area contributed by atoms with Gasteiger partial charge in [-0.25, -0.2) is 0 Å². The molecule has 1 N–H and O–H groups in total. The minimum Gasteiger partial charge on any atom is -0.393 e. The average molecular weight is 296 g/mol. The number of hydrogen-bond donors (Lipinski definition) is 1. The molecule has 3 rings (SSSR count). The van der Waals surface area contributed by atoms with Crippen molar-refractivity contribution in [3.63, 3.8) is 0 Å². The van der Waals surface area contributed by atoms with Gasteiger partial charge in [-0.3, -0.25) is 0 Å². The third-order valence-electron chi connectivity index (χ3n) is 3.90. The third-order valence-corrected chi connectivity index (χ3v) is 4.92. The lowest BCUT2D eigenvalue weighted by atomic mass is 10.0. The van der Waals surface area contributed by atoms with E-state index >= 15 is 0 Å². The first-order chi connectivity index (χ1) is 10.2. The molecule has 2 heteroatoms. The molecule has 0 aliphatic rings. The van der Waals surface area contributed by atoms with Gasteiger partial charge in [-0.05, 0) is 54.1 Å². The standard InChI is InChI=1S/C19H20OS/c1-14-6-8-15(9-7-14)10-11-17(20)12-16-13-21-19-5-3-2-4-18(16)19/h2-9,13,17,20H,10-12H2,1H3. The van der Waals surface area contributed by atoms with E-state index in [-0.39, 0.29) is 6.10 Å². The Morgan fingerprint density at radius 1 is 1.05 bits per heavy atom. The molecule has 0 aliphatic carbocycles. The Morgan fingerprint density at radius 3 is 2.62 bits per heavy atom. The highest BCUT2D eigenvalue weighted by Crippen LogP contribution is 2.27. The molecule has 0 amide bonds. The van der Waals surface area contributed by atoms with Gasteiger partial charge in [-0.2, -0.15) is 0 Å². The summed E-state index contributed by atoms with van der Waals surface area (Å²) in [6, 6.07) is 17.0. The molecule has 1 aromatic heterocycles. The fourth-order valence-corrected chi connectivity index (χ4v) is 3.61. The van der Waals surface area contributed by atoms with Gasteiger partial charge in [0.25, 0.3) is 0 Å². The van der Waals surface area contributed by atoms with Crippen LogP contribution in [0.1, 0.15) is 23.1 Å². The molecule has 108 valence electrons. The van der Waals surface area contributed by atoms with Crippen molar-refractivity contribution in [1.82, 2.24) is 0 Å². The van der Waals surface area contributed by atoms with Crippen molar-refractivity contribution < 1.29 is 5.11 Å². The number of thiophene rings is 1. The molecule has 0 radical (unpaired) electrons. The molecule has 1 heterocycles. The van der Waals surface area contributed by atoms with E-state index in [9.17, 15) is 5.11 Å². The normalized spacial score (nSPS) is 12.7. The summed E-state index contributed by atoms with van der Waals surface area (Å²) in [6.45, 7) is 2.10. The van der Waals surface area contributed by atoms with E-state index in [2.05, 4.69) is 60.8 Å². The molecular formula is C19H20OS. The number of hydrogen-bond acceptors (Lipinski definition) is 2. The van der Waals surface area contributed by atoms with Gasteiger partial charge in [0.2, 0.25) is 0 Å². The van der Waals surface area contributed by atoms with E-state index < -0.39 is 0 Å². The third kappa shape index (κ3) is 3.52. The van der Waals surface area contributed by atoms with Crippen molar-refractivity contribution in [3.8, 4) is 0 Å². The van der Waals surface area contributed by atoms with Crippen molar-refractivity contribution in [2.45, 2.75) is 32.3 Å². The van der Waals surface area contributed by atoms with Crippen molar-refractivity contribution in [3.05, 3.63) is 70.6 Å². The van der Waals surface area contributed by atoms with E-state index in [1.807, 2.05) is 0 Å². The maximum atomic E-state index is 10.3. The van der Waals surface area contributed by atoms with Crippen LogP contribution in [-0.2, 0) is 12.8 Å². The van der Waals surface area contributed by atoms with Gasteiger partial charge >= 0.3 is 0 Å². The molecule has 0 spiro atoms. The number of fused-ring (bicyclic) bond motifs is 1. The van der Waals surface area contributed by atoms with E-state index in [4.69, 9.17) is 0 Å². The predicted octanol–water partition coefficient (Wildman–Crippen LogP) is 4.75. The predicted molar refractivity (Wildman–Crippen MR) is 91.0 cm³/mol. The summed E-state index contributed by atoms with van der Waals surface area (Å²) >= 11 is 1.76. The van der Waals surface area contributed by atoms with E-state index in [0.717, 1.165) is 19.3 Å². The summed E-state index contributed by atoms with van der Waals surface area (Å²) in [7, 11) is 0. The summed E-state index contributed by atoms with van der Waals surface area (Å²) < 4.78 is 1.30. The Kier molecular flexibility index (Phi) is 4.37. The van der Waals surface area contributed by atoms with Gasteiger partial charge in [0, 0.05) is 4.70 Å². The second kappa shape index (κ2) is 6.42. The van der Waals surface area contributed by atoms with Gasteiger partial charge in [-0.1, -0.05) is 48.0 Å². The summed E-state index contributed by atoms with van der Waals surface area (Å²) in [5, 5.41) is 13.8. The van der Waals surface area contributed by atoms with Gasteiger partial charge in [0.1, 0.15) is 0 Å². The molecule has 0 fully saturated rings. The molecule has 1 atom stereocenters. The van der Waals surface area contributed by atoms with Crippen LogP contribution in [0, 0.1) is 6.92 Å². The molecule has 1 nitrogen and oxygen atoms in total. The van der Waals surface area contributed by atoms with Crippen LogP contribution in [0.25, 0.3) is 10.1 Å². The average Bonchev–Trinajstić information content (AvgIpc) is 2.90. The Hall–Kier alpha value is -1.64. The molecule has 3 aromatic rings. The Balaban J connectivity index is 1.61. The van der Waals surface area contributed by atoms with Gasteiger partial charge in [0.05, 0.1) is 6.10 Å². The summed E-state index contributed by atoms with van der Waals surface area (Å²) in [4.78, 5) is 0.